The molecule has 3 aromatic rings. The molecule has 0 bridgehead atoms. The van der Waals surface area contributed by atoms with Gasteiger partial charge in [-0.15, -0.1) is 0 Å². The quantitative estimate of drug-likeness (QED) is 0.700. The van der Waals surface area contributed by atoms with Crippen molar-refractivity contribution >= 4 is 5.95 Å². The summed E-state index contributed by atoms with van der Waals surface area (Å²) in [7, 11) is 0. The molecule has 0 atom stereocenters. The number of fused-ring (bicyclic) bond motifs is 1. The Kier molecular flexibility index (Phi) is 4.43. The van der Waals surface area contributed by atoms with Crippen molar-refractivity contribution < 1.29 is 17.9 Å². The van der Waals surface area contributed by atoms with Gasteiger partial charge in [-0.25, -0.2) is 15.0 Å². The van der Waals surface area contributed by atoms with E-state index >= 15 is 0 Å². The first-order valence-corrected chi connectivity index (χ1v) is 8.36. The summed E-state index contributed by atoms with van der Waals surface area (Å²) in [6, 6.07) is 9.72. The van der Waals surface area contributed by atoms with E-state index in [1.54, 1.807) is 17.3 Å². The molecule has 4 rings (SSSR count). The Bertz CT molecular complexity index is 909. The molecular formula is C18H16F3N5O. The van der Waals surface area contributed by atoms with Crippen molar-refractivity contribution in [1.82, 2.24) is 19.5 Å². The molecule has 0 fully saturated rings. The van der Waals surface area contributed by atoms with Crippen LogP contribution in [0.2, 0.25) is 0 Å². The molecule has 1 aliphatic rings. The highest BCUT2D eigenvalue weighted by molar-refractivity contribution is 5.33. The molecule has 1 aliphatic heterocycles. The lowest BCUT2D eigenvalue weighted by molar-refractivity contribution is -0.141. The molecule has 0 saturated carbocycles. The highest BCUT2D eigenvalue weighted by Crippen LogP contribution is 2.29. The van der Waals surface area contributed by atoms with Crippen LogP contribution in [0.4, 0.5) is 19.1 Å². The van der Waals surface area contributed by atoms with E-state index in [1.807, 2.05) is 30.3 Å². The molecule has 6 nitrogen and oxygen atoms in total. The lowest BCUT2D eigenvalue weighted by Crippen LogP contribution is -2.34. The fourth-order valence-electron chi connectivity index (χ4n) is 2.85. The second-order valence-electron chi connectivity index (χ2n) is 6.15. The van der Waals surface area contributed by atoms with Gasteiger partial charge in [0.1, 0.15) is 12.4 Å². The number of halogens is 3. The van der Waals surface area contributed by atoms with Crippen LogP contribution in [-0.2, 0) is 25.9 Å². The van der Waals surface area contributed by atoms with Crippen LogP contribution >= 0.6 is 0 Å². The standard InChI is InChI=1S/C18H16F3N5O/c19-18(20,21)15-10-25-6-7-26(11-16(25)24-15)17-22-8-14(9-23-17)27-12-13-4-2-1-3-5-13/h1-5,8-10H,6-7,11-12H2. The maximum Gasteiger partial charge on any atom is 0.434 e. The van der Waals surface area contributed by atoms with E-state index in [1.165, 1.54) is 4.57 Å². The number of alkyl halides is 3. The predicted molar refractivity (Wildman–Crippen MR) is 91.1 cm³/mol. The normalized spacial score (nSPS) is 14.1. The molecule has 140 valence electrons. The molecule has 3 heterocycles. The Morgan fingerprint density at radius 2 is 1.78 bits per heavy atom. The molecule has 2 aromatic heterocycles. The molecule has 0 unspecified atom stereocenters. The Morgan fingerprint density at radius 1 is 1.04 bits per heavy atom. The highest BCUT2D eigenvalue weighted by Gasteiger charge is 2.35. The number of rotatable bonds is 4. The number of imidazole rings is 1. The molecule has 0 N–H and O–H groups in total. The van der Waals surface area contributed by atoms with Crippen LogP contribution in [0, 0.1) is 0 Å². The predicted octanol–water partition coefficient (Wildman–Crippen LogP) is 3.29. The van der Waals surface area contributed by atoms with Crippen LogP contribution in [0.25, 0.3) is 0 Å². The zero-order valence-electron chi connectivity index (χ0n) is 14.2. The van der Waals surface area contributed by atoms with Crippen molar-refractivity contribution in [2.75, 3.05) is 11.4 Å². The van der Waals surface area contributed by atoms with E-state index in [4.69, 9.17) is 4.74 Å². The summed E-state index contributed by atoms with van der Waals surface area (Å²) in [5, 5.41) is 0. The molecular weight excluding hydrogens is 359 g/mol. The van der Waals surface area contributed by atoms with Gasteiger partial charge in [0.2, 0.25) is 5.95 Å². The van der Waals surface area contributed by atoms with Crippen LogP contribution in [0.5, 0.6) is 5.75 Å². The van der Waals surface area contributed by atoms with Gasteiger partial charge in [-0.05, 0) is 5.56 Å². The molecule has 0 saturated heterocycles. The van der Waals surface area contributed by atoms with Crippen molar-refractivity contribution in [2.45, 2.75) is 25.9 Å². The Balaban J connectivity index is 1.41. The summed E-state index contributed by atoms with van der Waals surface area (Å²) >= 11 is 0. The SMILES string of the molecule is FC(F)(F)c1cn2c(n1)CN(c1ncc(OCc3ccccc3)cn1)CC2. The monoisotopic (exact) mass is 375 g/mol. The van der Waals surface area contributed by atoms with Crippen LogP contribution in [0.1, 0.15) is 17.1 Å². The second-order valence-corrected chi connectivity index (χ2v) is 6.15. The van der Waals surface area contributed by atoms with Gasteiger partial charge in [0.15, 0.2) is 11.4 Å². The van der Waals surface area contributed by atoms with Gasteiger partial charge in [0.25, 0.3) is 0 Å². The first-order valence-electron chi connectivity index (χ1n) is 8.36. The Hall–Kier alpha value is -3.10. The number of ether oxygens (including phenoxy) is 1. The summed E-state index contributed by atoms with van der Waals surface area (Å²) < 4.78 is 45.6. The first-order chi connectivity index (χ1) is 13.0. The van der Waals surface area contributed by atoms with Gasteiger partial charge < -0.3 is 14.2 Å². The smallest absolute Gasteiger partial charge is 0.434 e. The average Bonchev–Trinajstić information content (AvgIpc) is 3.11. The maximum atomic E-state index is 12.8. The molecule has 27 heavy (non-hydrogen) atoms. The fraction of sp³-hybridized carbons (Fsp3) is 0.278. The fourth-order valence-corrected chi connectivity index (χ4v) is 2.85. The molecule has 0 spiro atoms. The lowest BCUT2D eigenvalue weighted by Gasteiger charge is -2.27. The highest BCUT2D eigenvalue weighted by atomic mass is 19.4. The van der Waals surface area contributed by atoms with Crippen LogP contribution < -0.4 is 9.64 Å². The van der Waals surface area contributed by atoms with E-state index in [0.717, 1.165) is 11.8 Å². The van der Waals surface area contributed by atoms with Gasteiger partial charge in [-0.1, -0.05) is 30.3 Å². The summed E-state index contributed by atoms with van der Waals surface area (Å²) in [4.78, 5) is 14.0. The third kappa shape index (κ3) is 3.86. The summed E-state index contributed by atoms with van der Waals surface area (Å²) in [6.45, 7) is 1.53. The largest absolute Gasteiger partial charge is 0.486 e. The molecule has 9 heteroatoms. The number of hydrogen-bond acceptors (Lipinski definition) is 5. The zero-order valence-corrected chi connectivity index (χ0v) is 14.2. The summed E-state index contributed by atoms with van der Waals surface area (Å²) in [5.41, 5.74) is 0.162. The number of nitrogens with zero attached hydrogens (tertiary/aromatic N) is 5. The number of anilines is 1. The van der Waals surface area contributed by atoms with Crippen molar-refractivity contribution in [1.29, 1.82) is 0 Å². The number of aromatic nitrogens is 4. The van der Waals surface area contributed by atoms with Crippen molar-refractivity contribution in [3.05, 3.63) is 66.0 Å². The van der Waals surface area contributed by atoms with Crippen LogP contribution in [0.3, 0.4) is 0 Å². The van der Waals surface area contributed by atoms with Crippen LogP contribution in [-0.4, -0.2) is 26.1 Å². The minimum absolute atomic E-state index is 0.223. The third-order valence-corrected chi connectivity index (χ3v) is 4.24. The maximum absolute atomic E-state index is 12.8. The molecule has 0 radical (unpaired) electrons. The molecule has 0 amide bonds. The van der Waals surface area contributed by atoms with Gasteiger partial charge >= 0.3 is 6.18 Å². The number of hydrogen-bond donors (Lipinski definition) is 0. The van der Waals surface area contributed by atoms with Crippen molar-refractivity contribution in [3.63, 3.8) is 0 Å². The first kappa shape index (κ1) is 17.3. The number of benzene rings is 1. The Labute approximate surface area is 153 Å². The topological polar surface area (TPSA) is 56.1 Å². The minimum atomic E-state index is -4.44. The van der Waals surface area contributed by atoms with Crippen molar-refractivity contribution in [3.8, 4) is 5.75 Å². The van der Waals surface area contributed by atoms with Gasteiger partial charge in [-0.3, -0.25) is 0 Å². The zero-order chi connectivity index (χ0) is 18.9. The second kappa shape index (κ2) is 6.90. The lowest BCUT2D eigenvalue weighted by atomic mass is 10.2. The van der Waals surface area contributed by atoms with Crippen molar-refractivity contribution in [2.24, 2.45) is 0 Å². The van der Waals surface area contributed by atoms with Gasteiger partial charge in [0, 0.05) is 19.3 Å². The van der Waals surface area contributed by atoms with Crippen LogP contribution in [0.15, 0.2) is 48.9 Å². The molecule has 0 aliphatic carbocycles. The van der Waals surface area contributed by atoms with Gasteiger partial charge in [0.05, 0.1) is 18.9 Å². The van der Waals surface area contributed by atoms with Gasteiger partial charge in [-0.2, -0.15) is 13.2 Å². The van der Waals surface area contributed by atoms with E-state index < -0.39 is 11.9 Å². The molecule has 1 aromatic carbocycles. The van der Waals surface area contributed by atoms with E-state index in [0.29, 0.717) is 37.2 Å². The Morgan fingerprint density at radius 3 is 2.48 bits per heavy atom. The summed E-state index contributed by atoms with van der Waals surface area (Å²) in [6.07, 6.45) is -0.265. The van der Waals surface area contributed by atoms with E-state index in [-0.39, 0.29) is 6.54 Å². The summed E-state index contributed by atoms with van der Waals surface area (Å²) in [5.74, 6) is 1.31. The van der Waals surface area contributed by atoms with E-state index in [9.17, 15) is 13.2 Å². The third-order valence-electron chi connectivity index (χ3n) is 4.24. The average molecular weight is 375 g/mol. The van der Waals surface area contributed by atoms with E-state index in [2.05, 4.69) is 15.0 Å². The minimum Gasteiger partial charge on any atom is -0.486 e.